The highest BCUT2D eigenvalue weighted by Gasteiger charge is 2.08. The first-order valence-electron chi connectivity index (χ1n) is 7.51. The van der Waals surface area contributed by atoms with Crippen LogP contribution in [0, 0.1) is 0 Å². The molecule has 0 bridgehead atoms. The zero-order chi connectivity index (χ0) is 17.4. The molecule has 2 N–H and O–H groups in total. The van der Waals surface area contributed by atoms with E-state index in [1.165, 1.54) is 6.21 Å². The van der Waals surface area contributed by atoms with Crippen molar-refractivity contribution in [3.05, 3.63) is 64.1 Å². The van der Waals surface area contributed by atoms with Gasteiger partial charge in [0.2, 0.25) is 0 Å². The molecule has 6 heteroatoms. The minimum absolute atomic E-state index is 0.00148. The first kappa shape index (κ1) is 18.0. The van der Waals surface area contributed by atoms with E-state index in [0.29, 0.717) is 5.56 Å². The van der Waals surface area contributed by atoms with Crippen LogP contribution in [0.15, 0.2) is 58.2 Å². The van der Waals surface area contributed by atoms with Crippen molar-refractivity contribution in [2.45, 2.75) is 19.4 Å². The highest BCUT2D eigenvalue weighted by Crippen LogP contribution is 2.20. The molecule has 0 aliphatic rings. The largest absolute Gasteiger partial charge is 0.507 e. The zero-order valence-corrected chi connectivity index (χ0v) is 14.9. The van der Waals surface area contributed by atoms with Crippen molar-refractivity contribution in [2.24, 2.45) is 5.16 Å². The fraction of sp³-hybridized carbons (Fsp3) is 0.222. The Bertz CT molecular complexity index is 705. The third kappa shape index (κ3) is 6.04. The van der Waals surface area contributed by atoms with Gasteiger partial charge in [0, 0.05) is 16.1 Å². The molecular weight excluding hydrogens is 372 g/mol. The maximum absolute atomic E-state index is 11.8. The summed E-state index contributed by atoms with van der Waals surface area (Å²) in [6, 6.07) is 14.9. The van der Waals surface area contributed by atoms with Gasteiger partial charge >= 0.3 is 0 Å². The van der Waals surface area contributed by atoms with Gasteiger partial charge in [-0.15, -0.1) is 0 Å². The maximum Gasteiger partial charge on any atom is 0.260 e. The van der Waals surface area contributed by atoms with Gasteiger partial charge in [-0.1, -0.05) is 51.4 Å². The third-order valence-electron chi connectivity index (χ3n) is 3.24. The van der Waals surface area contributed by atoms with Gasteiger partial charge in [0.1, 0.15) is 5.75 Å². The van der Waals surface area contributed by atoms with E-state index in [9.17, 15) is 9.90 Å². The molecule has 5 nitrogen and oxygen atoms in total. The summed E-state index contributed by atoms with van der Waals surface area (Å²) >= 11 is 3.31. The number of nitrogens with zero attached hydrogens (tertiary/aromatic N) is 1. The Morgan fingerprint density at radius 2 is 2.08 bits per heavy atom. The van der Waals surface area contributed by atoms with Crippen LogP contribution in [0.4, 0.5) is 0 Å². The predicted molar refractivity (Wildman–Crippen MR) is 97.1 cm³/mol. The van der Waals surface area contributed by atoms with E-state index in [0.717, 1.165) is 16.5 Å². The lowest BCUT2D eigenvalue weighted by Crippen LogP contribution is -2.36. The molecule has 0 spiro atoms. The Hall–Kier alpha value is -2.34. The number of phenols is 1. The summed E-state index contributed by atoms with van der Waals surface area (Å²) in [5, 5.41) is 16.2. The van der Waals surface area contributed by atoms with Crippen molar-refractivity contribution in [3.8, 4) is 5.75 Å². The van der Waals surface area contributed by atoms with E-state index in [-0.39, 0.29) is 24.3 Å². The molecule has 2 rings (SSSR count). The van der Waals surface area contributed by atoms with Crippen LogP contribution in [0.3, 0.4) is 0 Å². The molecule has 0 radical (unpaired) electrons. The van der Waals surface area contributed by atoms with Crippen LogP contribution in [0.25, 0.3) is 0 Å². The van der Waals surface area contributed by atoms with Gasteiger partial charge in [-0.05, 0) is 37.1 Å². The molecule has 0 aliphatic carbocycles. The molecule has 2 aromatic carbocycles. The molecule has 0 fully saturated rings. The molecule has 0 heterocycles. The Morgan fingerprint density at radius 3 is 2.83 bits per heavy atom. The van der Waals surface area contributed by atoms with Crippen molar-refractivity contribution in [1.82, 2.24) is 5.32 Å². The number of benzene rings is 2. The second-order valence-electron chi connectivity index (χ2n) is 5.37. The highest BCUT2D eigenvalue weighted by atomic mass is 79.9. The normalized spacial score (nSPS) is 12.1. The summed E-state index contributed by atoms with van der Waals surface area (Å²) in [6.45, 7) is 1.76. The fourth-order valence-corrected chi connectivity index (χ4v) is 2.53. The molecule has 0 aromatic heterocycles. The van der Waals surface area contributed by atoms with Gasteiger partial charge in [0.05, 0.1) is 6.21 Å². The molecule has 0 saturated carbocycles. The molecule has 0 unspecified atom stereocenters. The van der Waals surface area contributed by atoms with E-state index in [1.807, 2.05) is 37.3 Å². The number of hydrogen-bond acceptors (Lipinski definition) is 4. The van der Waals surface area contributed by atoms with Crippen molar-refractivity contribution >= 4 is 28.1 Å². The minimum atomic E-state index is -0.242. The Kier molecular flexibility index (Phi) is 6.81. The van der Waals surface area contributed by atoms with Crippen LogP contribution < -0.4 is 5.32 Å². The number of carbonyl (C=O) groups is 1. The summed E-state index contributed by atoms with van der Waals surface area (Å²) in [5.41, 5.74) is 1.66. The lowest BCUT2D eigenvalue weighted by atomic mass is 10.1. The third-order valence-corrected chi connectivity index (χ3v) is 3.74. The SMILES string of the molecule is C[C@H](Cc1ccccc1)NC(=O)CO/N=C\c1cc(Br)ccc1O. The number of phenolic OH excluding ortho intramolecular Hbond substituents is 1. The Labute approximate surface area is 149 Å². The Morgan fingerprint density at radius 1 is 1.33 bits per heavy atom. The van der Waals surface area contributed by atoms with Crippen LogP contribution in [0.1, 0.15) is 18.1 Å². The van der Waals surface area contributed by atoms with Crippen LogP contribution in [0.2, 0.25) is 0 Å². The second kappa shape index (κ2) is 9.08. The van der Waals surface area contributed by atoms with Crippen molar-refractivity contribution < 1.29 is 14.7 Å². The first-order chi connectivity index (χ1) is 11.5. The van der Waals surface area contributed by atoms with Gasteiger partial charge in [-0.3, -0.25) is 4.79 Å². The number of aromatic hydroxyl groups is 1. The van der Waals surface area contributed by atoms with E-state index in [1.54, 1.807) is 18.2 Å². The molecule has 0 saturated heterocycles. The van der Waals surface area contributed by atoms with E-state index >= 15 is 0 Å². The van der Waals surface area contributed by atoms with Crippen LogP contribution in [0.5, 0.6) is 5.75 Å². The van der Waals surface area contributed by atoms with Gasteiger partial charge in [-0.25, -0.2) is 0 Å². The standard InChI is InChI=1S/C18H19BrN2O3/c1-13(9-14-5-3-2-4-6-14)21-18(23)12-24-20-11-15-10-16(19)7-8-17(15)22/h2-8,10-11,13,22H,9,12H2,1H3,(H,21,23)/b20-11-/t13-/m1/s1. The maximum atomic E-state index is 11.8. The van der Waals surface area contributed by atoms with Gasteiger partial charge in [-0.2, -0.15) is 0 Å². The highest BCUT2D eigenvalue weighted by molar-refractivity contribution is 9.10. The predicted octanol–water partition coefficient (Wildman–Crippen LogP) is 3.25. The van der Waals surface area contributed by atoms with Crippen molar-refractivity contribution in [1.29, 1.82) is 0 Å². The number of carbonyl (C=O) groups excluding carboxylic acids is 1. The van der Waals surface area contributed by atoms with Crippen LogP contribution in [-0.2, 0) is 16.1 Å². The van der Waals surface area contributed by atoms with Crippen molar-refractivity contribution in [3.63, 3.8) is 0 Å². The van der Waals surface area contributed by atoms with Gasteiger partial charge in [0.15, 0.2) is 6.61 Å². The second-order valence-corrected chi connectivity index (χ2v) is 6.29. The lowest BCUT2D eigenvalue weighted by Gasteiger charge is -2.13. The topological polar surface area (TPSA) is 70.9 Å². The van der Waals surface area contributed by atoms with Gasteiger partial charge in [0.25, 0.3) is 5.91 Å². The number of oxime groups is 1. The summed E-state index contributed by atoms with van der Waals surface area (Å²) in [5.74, 6) is -0.152. The van der Waals surface area contributed by atoms with E-state index in [4.69, 9.17) is 4.84 Å². The number of halogens is 1. The quantitative estimate of drug-likeness (QED) is 0.562. The van der Waals surface area contributed by atoms with Gasteiger partial charge < -0.3 is 15.3 Å². The summed E-state index contributed by atoms with van der Waals surface area (Å²) in [6.07, 6.45) is 2.11. The molecule has 126 valence electrons. The zero-order valence-electron chi connectivity index (χ0n) is 13.3. The average Bonchev–Trinajstić information content (AvgIpc) is 2.55. The smallest absolute Gasteiger partial charge is 0.260 e. The Balaban J connectivity index is 1.74. The number of rotatable bonds is 7. The molecule has 1 atom stereocenters. The fourth-order valence-electron chi connectivity index (χ4n) is 2.15. The molecule has 1 amide bonds. The first-order valence-corrected chi connectivity index (χ1v) is 8.31. The average molecular weight is 391 g/mol. The lowest BCUT2D eigenvalue weighted by molar-refractivity contribution is -0.126. The van der Waals surface area contributed by atoms with E-state index < -0.39 is 0 Å². The summed E-state index contributed by atoms with van der Waals surface area (Å²) < 4.78 is 0.814. The van der Waals surface area contributed by atoms with E-state index in [2.05, 4.69) is 26.4 Å². The minimum Gasteiger partial charge on any atom is -0.507 e. The number of amides is 1. The monoisotopic (exact) mass is 390 g/mol. The van der Waals surface area contributed by atoms with Crippen LogP contribution in [-0.4, -0.2) is 29.9 Å². The van der Waals surface area contributed by atoms with Crippen LogP contribution >= 0.6 is 15.9 Å². The van der Waals surface area contributed by atoms with Crippen molar-refractivity contribution in [2.75, 3.05) is 6.61 Å². The summed E-state index contributed by atoms with van der Waals surface area (Å²) in [4.78, 5) is 16.8. The number of nitrogens with one attached hydrogen (secondary N) is 1. The number of hydrogen-bond donors (Lipinski definition) is 2. The molecule has 0 aliphatic heterocycles. The summed E-state index contributed by atoms with van der Waals surface area (Å²) in [7, 11) is 0. The molecule has 2 aromatic rings. The molecule has 24 heavy (non-hydrogen) atoms. The molecular formula is C18H19BrN2O3.